The molecule has 1 rings (SSSR count). The predicted octanol–water partition coefficient (Wildman–Crippen LogP) is 0.138. The molecule has 0 fully saturated rings. The number of nitrogens with two attached hydrogens (primary N) is 2. The van der Waals surface area contributed by atoms with E-state index in [-0.39, 0.29) is 6.42 Å². The van der Waals surface area contributed by atoms with Crippen LogP contribution < -0.4 is 11.5 Å². The number of carboxylic acids is 1. The van der Waals surface area contributed by atoms with Crippen molar-refractivity contribution >= 4 is 11.7 Å². The molecule has 5 nitrogen and oxygen atoms in total. The van der Waals surface area contributed by atoms with E-state index in [2.05, 4.69) is 4.98 Å². The van der Waals surface area contributed by atoms with Gasteiger partial charge in [-0.05, 0) is 11.6 Å². The number of anilines is 1. The number of carboxylic acid groups (broad SMARTS) is 1. The van der Waals surface area contributed by atoms with Crippen LogP contribution in [0.25, 0.3) is 0 Å². The smallest absolute Gasteiger partial charge is 0.305 e. The largest absolute Gasteiger partial charge is 0.481 e. The monoisotopic (exact) mass is 181 g/mol. The van der Waals surface area contributed by atoms with E-state index in [4.69, 9.17) is 16.6 Å². The second-order valence-electron chi connectivity index (χ2n) is 2.71. The van der Waals surface area contributed by atoms with Gasteiger partial charge in [0, 0.05) is 12.2 Å². The molecule has 0 unspecified atom stereocenters. The average molecular weight is 181 g/mol. The molecular formula is C8H11N3O2. The Kier molecular flexibility index (Phi) is 2.81. The molecule has 0 aromatic carbocycles. The minimum atomic E-state index is -0.941. The normalized spacial score (nSPS) is 12.4. The summed E-state index contributed by atoms with van der Waals surface area (Å²) in [6.45, 7) is 0. The van der Waals surface area contributed by atoms with Gasteiger partial charge < -0.3 is 16.6 Å². The van der Waals surface area contributed by atoms with Crippen LogP contribution in [-0.2, 0) is 4.79 Å². The number of nitrogens with zero attached hydrogens (tertiary/aromatic N) is 1. The Bertz CT molecular complexity index is 314. The van der Waals surface area contributed by atoms with Crippen LogP contribution in [0.15, 0.2) is 18.5 Å². The number of rotatable bonds is 3. The summed E-state index contributed by atoms with van der Waals surface area (Å²) in [6, 6.07) is 1.06. The third-order valence-electron chi connectivity index (χ3n) is 1.68. The molecule has 0 saturated heterocycles. The zero-order valence-electron chi connectivity index (χ0n) is 6.97. The molecule has 13 heavy (non-hydrogen) atoms. The van der Waals surface area contributed by atoms with Crippen LogP contribution in [0.2, 0.25) is 0 Å². The number of aliphatic carboxylic acids is 1. The summed E-state index contributed by atoms with van der Waals surface area (Å²) in [5, 5.41) is 8.50. The standard InChI is InChI=1S/C8H11N3O2/c9-6(3-8(12)13)5-1-2-11-4-7(5)10/h1-2,4,6H,3,9-10H2,(H,12,13)/t6-/m1/s1. The van der Waals surface area contributed by atoms with Crippen LogP contribution in [0.3, 0.4) is 0 Å². The van der Waals surface area contributed by atoms with Crippen molar-refractivity contribution in [1.82, 2.24) is 4.98 Å². The lowest BCUT2D eigenvalue weighted by Gasteiger charge is -2.10. The van der Waals surface area contributed by atoms with Gasteiger partial charge >= 0.3 is 5.97 Å². The highest BCUT2D eigenvalue weighted by molar-refractivity contribution is 5.68. The molecule has 0 aliphatic carbocycles. The lowest BCUT2D eigenvalue weighted by Crippen LogP contribution is -2.16. The van der Waals surface area contributed by atoms with Gasteiger partial charge in [-0.25, -0.2) is 0 Å². The van der Waals surface area contributed by atoms with Crippen LogP contribution in [0.1, 0.15) is 18.0 Å². The van der Waals surface area contributed by atoms with Crippen molar-refractivity contribution < 1.29 is 9.90 Å². The Hall–Kier alpha value is -1.62. The van der Waals surface area contributed by atoms with Crippen LogP contribution in [0.5, 0.6) is 0 Å². The molecule has 70 valence electrons. The van der Waals surface area contributed by atoms with Crippen LogP contribution >= 0.6 is 0 Å². The average Bonchev–Trinajstić information content (AvgIpc) is 2.03. The number of hydrogen-bond acceptors (Lipinski definition) is 4. The van der Waals surface area contributed by atoms with Gasteiger partial charge in [-0.1, -0.05) is 0 Å². The van der Waals surface area contributed by atoms with E-state index in [1.807, 2.05) is 0 Å². The predicted molar refractivity (Wildman–Crippen MR) is 47.8 cm³/mol. The summed E-state index contributed by atoms with van der Waals surface area (Å²) in [5.41, 5.74) is 12.2. The molecule has 0 bridgehead atoms. The van der Waals surface area contributed by atoms with Gasteiger partial charge in [0.15, 0.2) is 0 Å². The fourth-order valence-corrected chi connectivity index (χ4v) is 1.05. The Labute approximate surface area is 75.4 Å². The number of nitrogen functional groups attached to an aromatic ring is 1. The highest BCUT2D eigenvalue weighted by Gasteiger charge is 2.12. The molecule has 0 spiro atoms. The molecule has 0 aliphatic heterocycles. The Morgan fingerprint density at radius 1 is 1.69 bits per heavy atom. The zero-order chi connectivity index (χ0) is 9.84. The third kappa shape index (κ3) is 2.41. The fourth-order valence-electron chi connectivity index (χ4n) is 1.05. The lowest BCUT2D eigenvalue weighted by atomic mass is 10.1. The van der Waals surface area contributed by atoms with Gasteiger partial charge in [0.1, 0.15) is 0 Å². The van der Waals surface area contributed by atoms with Crippen LogP contribution in [0, 0.1) is 0 Å². The van der Waals surface area contributed by atoms with Crippen molar-refractivity contribution in [1.29, 1.82) is 0 Å². The van der Waals surface area contributed by atoms with E-state index in [9.17, 15) is 4.79 Å². The first-order chi connectivity index (χ1) is 6.11. The first kappa shape index (κ1) is 9.47. The van der Waals surface area contributed by atoms with Crippen molar-refractivity contribution in [3.05, 3.63) is 24.0 Å². The molecular weight excluding hydrogens is 170 g/mol. The molecule has 1 aromatic heterocycles. The van der Waals surface area contributed by atoms with Crippen molar-refractivity contribution in [3.8, 4) is 0 Å². The molecule has 1 heterocycles. The second-order valence-corrected chi connectivity index (χ2v) is 2.71. The Balaban J connectivity index is 2.82. The summed E-state index contributed by atoms with van der Waals surface area (Å²) >= 11 is 0. The minimum Gasteiger partial charge on any atom is -0.481 e. The maximum Gasteiger partial charge on any atom is 0.305 e. The number of aromatic nitrogens is 1. The molecule has 0 aliphatic rings. The molecule has 5 N–H and O–H groups in total. The first-order valence-corrected chi connectivity index (χ1v) is 3.78. The number of pyridine rings is 1. The third-order valence-corrected chi connectivity index (χ3v) is 1.68. The van der Waals surface area contributed by atoms with E-state index in [0.29, 0.717) is 11.3 Å². The van der Waals surface area contributed by atoms with Crippen molar-refractivity contribution in [3.63, 3.8) is 0 Å². The van der Waals surface area contributed by atoms with Gasteiger partial charge in [0.05, 0.1) is 18.3 Å². The molecule has 0 amide bonds. The minimum absolute atomic E-state index is 0.131. The highest BCUT2D eigenvalue weighted by atomic mass is 16.4. The molecule has 0 saturated carbocycles. The van der Waals surface area contributed by atoms with E-state index < -0.39 is 12.0 Å². The highest BCUT2D eigenvalue weighted by Crippen LogP contribution is 2.19. The summed E-state index contributed by atoms with van der Waals surface area (Å²) in [4.78, 5) is 14.1. The molecule has 1 atom stereocenters. The van der Waals surface area contributed by atoms with Crippen LogP contribution in [-0.4, -0.2) is 16.1 Å². The van der Waals surface area contributed by atoms with Crippen molar-refractivity contribution in [2.75, 3.05) is 5.73 Å². The summed E-state index contributed by atoms with van der Waals surface area (Å²) in [6.07, 6.45) is 2.86. The molecule has 5 heteroatoms. The Morgan fingerprint density at radius 3 is 2.92 bits per heavy atom. The van der Waals surface area contributed by atoms with Gasteiger partial charge in [0.25, 0.3) is 0 Å². The zero-order valence-corrected chi connectivity index (χ0v) is 6.97. The van der Waals surface area contributed by atoms with Gasteiger partial charge in [-0.3, -0.25) is 9.78 Å². The van der Waals surface area contributed by atoms with Crippen molar-refractivity contribution in [2.45, 2.75) is 12.5 Å². The van der Waals surface area contributed by atoms with Crippen molar-refractivity contribution in [2.24, 2.45) is 5.73 Å². The second kappa shape index (κ2) is 3.86. The van der Waals surface area contributed by atoms with E-state index in [1.54, 1.807) is 6.07 Å². The molecule has 0 radical (unpaired) electrons. The SMILES string of the molecule is Nc1cnccc1[C@H](N)CC(=O)O. The lowest BCUT2D eigenvalue weighted by molar-refractivity contribution is -0.137. The van der Waals surface area contributed by atoms with Gasteiger partial charge in [0.2, 0.25) is 0 Å². The summed E-state index contributed by atoms with van der Waals surface area (Å²) < 4.78 is 0. The Morgan fingerprint density at radius 2 is 2.38 bits per heavy atom. The van der Waals surface area contributed by atoms with E-state index in [1.165, 1.54) is 12.4 Å². The van der Waals surface area contributed by atoms with Gasteiger partial charge in [-0.15, -0.1) is 0 Å². The fraction of sp³-hybridized carbons (Fsp3) is 0.250. The van der Waals surface area contributed by atoms with Gasteiger partial charge in [-0.2, -0.15) is 0 Å². The van der Waals surface area contributed by atoms with Crippen LogP contribution in [0.4, 0.5) is 5.69 Å². The molecule has 1 aromatic rings. The summed E-state index contributed by atoms with van der Waals surface area (Å²) in [5.74, 6) is -0.941. The first-order valence-electron chi connectivity index (χ1n) is 3.78. The number of hydrogen-bond donors (Lipinski definition) is 3. The summed E-state index contributed by atoms with van der Waals surface area (Å²) in [7, 11) is 0. The topological polar surface area (TPSA) is 102 Å². The van der Waals surface area contributed by atoms with E-state index >= 15 is 0 Å². The maximum atomic E-state index is 10.4. The number of carbonyl (C=O) groups is 1. The quantitative estimate of drug-likeness (QED) is 0.615. The maximum absolute atomic E-state index is 10.4. The van der Waals surface area contributed by atoms with E-state index in [0.717, 1.165) is 0 Å².